The molecular weight excluding hydrogens is 255 g/mol. The molecule has 1 aromatic carbocycles. The van der Waals surface area contributed by atoms with E-state index in [9.17, 15) is 4.39 Å². The Morgan fingerprint density at radius 1 is 1.20 bits per heavy atom. The Labute approximate surface area is 118 Å². The van der Waals surface area contributed by atoms with E-state index in [2.05, 4.69) is 20.2 Å². The Hall–Kier alpha value is -2.01. The van der Waals surface area contributed by atoms with Gasteiger partial charge in [-0.05, 0) is 33.2 Å². The SMILES string of the molecule is Cc1nc(NCCN(C)C)cc(-c2ccccc2F)n1. The monoisotopic (exact) mass is 274 g/mol. The van der Waals surface area contributed by atoms with E-state index in [0.29, 0.717) is 17.1 Å². The van der Waals surface area contributed by atoms with E-state index in [1.165, 1.54) is 6.07 Å². The number of hydrogen-bond donors (Lipinski definition) is 1. The first-order valence-electron chi connectivity index (χ1n) is 6.55. The summed E-state index contributed by atoms with van der Waals surface area (Å²) in [7, 11) is 4.02. The number of halogens is 1. The average molecular weight is 274 g/mol. The van der Waals surface area contributed by atoms with Gasteiger partial charge in [0.2, 0.25) is 0 Å². The largest absolute Gasteiger partial charge is 0.369 e. The van der Waals surface area contributed by atoms with Crippen LogP contribution in [0.15, 0.2) is 30.3 Å². The number of aryl methyl sites for hydroxylation is 1. The molecule has 0 fully saturated rings. The van der Waals surface area contributed by atoms with Crippen molar-refractivity contribution in [3.63, 3.8) is 0 Å². The highest BCUT2D eigenvalue weighted by atomic mass is 19.1. The maximum atomic E-state index is 13.8. The number of anilines is 1. The second-order valence-corrected chi connectivity index (χ2v) is 4.90. The fourth-order valence-electron chi connectivity index (χ4n) is 1.87. The summed E-state index contributed by atoms with van der Waals surface area (Å²) in [6.45, 7) is 3.49. The molecule has 0 saturated carbocycles. The first kappa shape index (κ1) is 14.4. The van der Waals surface area contributed by atoms with Gasteiger partial charge in [-0.2, -0.15) is 0 Å². The zero-order chi connectivity index (χ0) is 14.5. The average Bonchev–Trinajstić information content (AvgIpc) is 2.38. The van der Waals surface area contributed by atoms with Crippen LogP contribution in [0.25, 0.3) is 11.3 Å². The smallest absolute Gasteiger partial charge is 0.132 e. The van der Waals surface area contributed by atoms with Crippen molar-refractivity contribution >= 4 is 5.82 Å². The first-order chi connectivity index (χ1) is 9.56. The maximum Gasteiger partial charge on any atom is 0.132 e. The molecule has 0 atom stereocenters. The van der Waals surface area contributed by atoms with Gasteiger partial charge < -0.3 is 10.2 Å². The number of aromatic nitrogens is 2. The van der Waals surface area contributed by atoms with Crippen LogP contribution in [0.2, 0.25) is 0 Å². The van der Waals surface area contributed by atoms with Crippen LogP contribution in [0.5, 0.6) is 0 Å². The van der Waals surface area contributed by atoms with Crippen LogP contribution < -0.4 is 5.32 Å². The minimum atomic E-state index is -0.273. The Kier molecular flexibility index (Phi) is 4.63. The zero-order valence-corrected chi connectivity index (χ0v) is 12.0. The molecule has 0 unspecified atom stereocenters. The summed E-state index contributed by atoms with van der Waals surface area (Å²) in [6, 6.07) is 8.41. The first-order valence-corrected chi connectivity index (χ1v) is 6.55. The summed E-state index contributed by atoms with van der Waals surface area (Å²) in [5.41, 5.74) is 1.09. The number of rotatable bonds is 5. The van der Waals surface area contributed by atoms with Crippen LogP contribution in [0.1, 0.15) is 5.82 Å². The summed E-state index contributed by atoms with van der Waals surface area (Å²) >= 11 is 0. The molecule has 1 heterocycles. The van der Waals surface area contributed by atoms with E-state index in [4.69, 9.17) is 0 Å². The van der Waals surface area contributed by atoms with Crippen LogP contribution in [-0.2, 0) is 0 Å². The molecule has 2 rings (SSSR count). The van der Waals surface area contributed by atoms with Crippen molar-refractivity contribution in [2.75, 3.05) is 32.5 Å². The lowest BCUT2D eigenvalue weighted by molar-refractivity contribution is 0.425. The third-order valence-corrected chi connectivity index (χ3v) is 2.85. The van der Waals surface area contributed by atoms with E-state index in [-0.39, 0.29) is 5.82 Å². The minimum absolute atomic E-state index is 0.273. The topological polar surface area (TPSA) is 41.1 Å². The van der Waals surface area contributed by atoms with Gasteiger partial charge in [-0.15, -0.1) is 0 Å². The minimum Gasteiger partial charge on any atom is -0.369 e. The predicted molar refractivity (Wildman–Crippen MR) is 79.2 cm³/mol. The fraction of sp³-hybridized carbons (Fsp3) is 0.333. The highest BCUT2D eigenvalue weighted by molar-refractivity contribution is 5.63. The second-order valence-electron chi connectivity index (χ2n) is 4.90. The molecule has 20 heavy (non-hydrogen) atoms. The molecule has 0 spiro atoms. The molecule has 0 saturated heterocycles. The molecule has 0 bridgehead atoms. The van der Waals surface area contributed by atoms with Gasteiger partial charge in [0, 0.05) is 24.7 Å². The summed E-state index contributed by atoms with van der Waals surface area (Å²) in [6.07, 6.45) is 0. The van der Waals surface area contributed by atoms with E-state index in [1.54, 1.807) is 24.3 Å². The quantitative estimate of drug-likeness (QED) is 0.910. The molecule has 1 N–H and O–H groups in total. The molecule has 0 radical (unpaired) electrons. The van der Waals surface area contributed by atoms with Crippen LogP contribution in [0, 0.1) is 12.7 Å². The summed E-state index contributed by atoms with van der Waals surface area (Å²) in [5, 5.41) is 3.23. The van der Waals surface area contributed by atoms with Gasteiger partial charge in [0.1, 0.15) is 17.5 Å². The Morgan fingerprint density at radius 2 is 1.95 bits per heavy atom. The molecule has 2 aromatic rings. The summed E-state index contributed by atoms with van der Waals surface area (Å²) in [5.74, 6) is 1.07. The predicted octanol–water partition coefficient (Wildman–Crippen LogP) is 2.56. The van der Waals surface area contributed by atoms with E-state index in [1.807, 2.05) is 21.0 Å². The van der Waals surface area contributed by atoms with Crippen molar-refractivity contribution in [3.8, 4) is 11.3 Å². The molecule has 1 aromatic heterocycles. The van der Waals surface area contributed by atoms with Crippen molar-refractivity contribution < 1.29 is 4.39 Å². The highest BCUT2D eigenvalue weighted by Gasteiger charge is 2.08. The standard InChI is InChI=1S/C15H19FN4/c1-11-18-14(12-6-4-5-7-13(12)16)10-15(19-11)17-8-9-20(2)3/h4-7,10H,8-9H2,1-3H3,(H,17,18,19). The highest BCUT2D eigenvalue weighted by Crippen LogP contribution is 2.22. The number of nitrogens with zero attached hydrogens (tertiary/aromatic N) is 3. The van der Waals surface area contributed by atoms with E-state index in [0.717, 1.165) is 18.9 Å². The van der Waals surface area contributed by atoms with E-state index >= 15 is 0 Å². The lowest BCUT2D eigenvalue weighted by Crippen LogP contribution is -2.21. The maximum absolute atomic E-state index is 13.8. The van der Waals surface area contributed by atoms with Gasteiger partial charge in [0.05, 0.1) is 5.69 Å². The van der Waals surface area contributed by atoms with Crippen molar-refractivity contribution in [1.29, 1.82) is 0 Å². The van der Waals surface area contributed by atoms with Gasteiger partial charge in [-0.3, -0.25) is 0 Å². The number of likely N-dealkylation sites (N-methyl/N-ethyl adjacent to an activating group) is 1. The zero-order valence-electron chi connectivity index (χ0n) is 12.0. The Balaban J connectivity index is 2.23. The van der Waals surface area contributed by atoms with Crippen molar-refractivity contribution in [2.24, 2.45) is 0 Å². The van der Waals surface area contributed by atoms with Gasteiger partial charge in [0.25, 0.3) is 0 Å². The molecule has 106 valence electrons. The summed E-state index contributed by atoms with van der Waals surface area (Å²) < 4.78 is 13.8. The van der Waals surface area contributed by atoms with Gasteiger partial charge in [0.15, 0.2) is 0 Å². The molecule has 0 aliphatic rings. The number of hydrogen-bond acceptors (Lipinski definition) is 4. The van der Waals surface area contributed by atoms with Crippen molar-refractivity contribution in [1.82, 2.24) is 14.9 Å². The second kappa shape index (κ2) is 6.43. The van der Waals surface area contributed by atoms with Gasteiger partial charge in [-0.1, -0.05) is 12.1 Å². The van der Waals surface area contributed by atoms with Gasteiger partial charge in [-0.25, -0.2) is 14.4 Å². The molecule has 5 heteroatoms. The van der Waals surface area contributed by atoms with Crippen molar-refractivity contribution in [3.05, 3.63) is 42.0 Å². The Morgan fingerprint density at radius 3 is 2.65 bits per heavy atom. The lowest BCUT2D eigenvalue weighted by Gasteiger charge is -2.12. The molecule has 4 nitrogen and oxygen atoms in total. The number of nitrogens with one attached hydrogen (secondary N) is 1. The van der Waals surface area contributed by atoms with Crippen molar-refractivity contribution in [2.45, 2.75) is 6.92 Å². The van der Waals surface area contributed by atoms with Crippen LogP contribution in [-0.4, -0.2) is 42.1 Å². The third-order valence-electron chi connectivity index (χ3n) is 2.85. The van der Waals surface area contributed by atoms with Gasteiger partial charge >= 0.3 is 0 Å². The fourth-order valence-corrected chi connectivity index (χ4v) is 1.87. The molecule has 0 aliphatic heterocycles. The normalized spacial score (nSPS) is 10.8. The lowest BCUT2D eigenvalue weighted by atomic mass is 10.1. The van der Waals surface area contributed by atoms with Crippen LogP contribution in [0.4, 0.5) is 10.2 Å². The summed E-state index contributed by atoms with van der Waals surface area (Å²) in [4.78, 5) is 10.7. The van der Waals surface area contributed by atoms with E-state index < -0.39 is 0 Å². The van der Waals surface area contributed by atoms with Crippen LogP contribution >= 0.6 is 0 Å². The molecular formula is C15H19FN4. The van der Waals surface area contributed by atoms with Crippen LogP contribution in [0.3, 0.4) is 0 Å². The Bertz CT molecular complexity index is 584. The molecule has 0 aliphatic carbocycles. The number of benzene rings is 1. The third kappa shape index (κ3) is 3.74. The molecule has 0 amide bonds.